The lowest BCUT2D eigenvalue weighted by Gasteiger charge is -2.46. The van der Waals surface area contributed by atoms with Crippen LogP contribution in [0.25, 0.3) is 0 Å². The van der Waals surface area contributed by atoms with Crippen molar-refractivity contribution in [2.45, 2.75) is 127 Å². The molecule has 1 aromatic heterocycles. The number of nitrogens with zero attached hydrogens (tertiary/aromatic N) is 1. The molecule has 2 unspecified atom stereocenters. The van der Waals surface area contributed by atoms with Gasteiger partial charge in [-0.2, -0.15) is 4.31 Å². The molecular formula is C26H50N2O16P2Si2. The molecular weight excluding hydrogens is 714 g/mol. The largest absolute Gasteiger partial charge is 0.483 e. The number of rotatable bonds is 18. The molecule has 0 amide bonds. The van der Waals surface area contributed by atoms with E-state index < -0.39 is 99.3 Å². The topological polar surface area (TPSA) is 255 Å². The van der Waals surface area contributed by atoms with Gasteiger partial charge >= 0.3 is 21.3 Å². The molecule has 2 aliphatic heterocycles. The monoisotopic (exact) mass is 764 g/mol. The first kappa shape index (κ1) is 41.5. The van der Waals surface area contributed by atoms with Crippen molar-refractivity contribution in [3.8, 4) is 0 Å². The smallest absolute Gasteiger partial charge is 0.409 e. The molecule has 18 nitrogen and oxygen atoms in total. The highest BCUT2D eigenvalue weighted by molar-refractivity contribution is 7.61. The Morgan fingerprint density at radius 2 is 1.44 bits per heavy atom. The molecule has 0 aromatic carbocycles. The van der Waals surface area contributed by atoms with Crippen LogP contribution < -0.4 is 11.2 Å². The number of aromatic amines is 1. The van der Waals surface area contributed by atoms with E-state index in [-0.39, 0.29) is 6.61 Å². The summed E-state index contributed by atoms with van der Waals surface area (Å²) in [7, 11) is -15.5. The first-order chi connectivity index (χ1) is 22.4. The summed E-state index contributed by atoms with van der Waals surface area (Å²) in [6.07, 6.45) is -10.6. The van der Waals surface area contributed by atoms with Crippen LogP contribution >= 0.6 is 15.6 Å². The summed E-state index contributed by atoms with van der Waals surface area (Å²) in [5, 5.41) is 32.1. The van der Waals surface area contributed by atoms with E-state index >= 15 is 0 Å². The van der Waals surface area contributed by atoms with E-state index in [1.165, 1.54) is 0 Å². The van der Waals surface area contributed by atoms with Gasteiger partial charge in [-0.3, -0.25) is 23.4 Å². The molecule has 3 rings (SSSR count). The first-order valence-electron chi connectivity index (χ1n) is 16.1. The Labute approximate surface area is 280 Å². The molecule has 1 aromatic rings. The fourth-order valence-electron chi connectivity index (χ4n) is 5.90. The molecule has 3 heterocycles. The van der Waals surface area contributed by atoms with Crippen molar-refractivity contribution >= 4 is 32.3 Å². The van der Waals surface area contributed by atoms with Crippen LogP contribution in [0.3, 0.4) is 0 Å². The third-order valence-electron chi connectivity index (χ3n) is 9.37. The van der Waals surface area contributed by atoms with Crippen molar-refractivity contribution in [1.82, 2.24) is 9.55 Å². The molecule has 0 radical (unpaired) electrons. The Kier molecular flexibility index (Phi) is 14.8. The van der Waals surface area contributed by atoms with Gasteiger partial charge in [0.2, 0.25) is 0 Å². The standard InChI is InChI=1S/C26H50N2O16P2Si2/c1-7-47(8-2,9-3)42-18-15-38-25(22(32)23(18)43-48(10-4,11-5)12-6)41-46(36,37)44-45(34,35)39-16-17-20(30)21(31)24(40-17)28-14-13-19(29)27-26(28)33/h13-14,17-18,20-25,30-32H,7-12,15-16H2,1-6H3,(H,34,35)(H,36,37)(H,27,29,33)/t17-,18-,20-,21-,22-,23+,24-,25-/m1/s1. The number of ether oxygens (including phenoxy) is 2. The summed E-state index contributed by atoms with van der Waals surface area (Å²) in [5.74, 6) is 0. The van der Waals surface area contributed by atoms with Crippen LogP contribution in [0.5, 0.6) is 0 Å². The van der Waals surface area contributed by atoms with Gasteiger partial charge in [0.15, 0.2) is 29.2 Å². The third-order valence-corrected chi connectivity index (χ3v) is 21.3. The van der Waals surface area contributed by atoms with Crippen molar-refractivity contribution < 1.29 is 65.9 Å². The summed E-state index contributed by atoms with van der Waals surface area (Å²) in [6.45, 7) is 11.1. The SMILES string of the molecule is CC[Si](CC)(CC)O[C@@H]1[C@@H](O)[C@@H](OP(=O)(O)OP(=O)(O)OC[C@H]2O[C@@H](n3ccc(=O)[nH]c3=O)[C@H](O)[C@@H]2O)OC[C@H]1O[Si](CC)(CC)CC. The molecule has 6 N–H and O–H groups in total. The van der Waals surface area contributed by atoms with Crippen molar-refractivity contribution in [3.05, 3.63) is 33.1 Å². The Balaban J connectivity index is 1.71. The molecule has 0 bridgehead atoms. The Bertz CT molecular complexity index is 1390. The van der Waals surface area contributed by atoms with Gasteiger partial charge in [-0.15, -0.1) is 0 Å². The van der Waals surface area contributed by atoms with Crippen LogP contribution in [0, 0.1) is 0 Å². The summed E-state index contributed by atoms with van der Waals surface area (Å²) in [6, 6.07) is 5.65. The number of phosphoric ester groups is 2. The first-order valence-corrected chi connectivity index (χ1v) is 24.2. The number of aliphatic hydroxyl groups is 3. The minimum absolute atomic E-state index is 0.158. The number of H-pyrrole nitrogens is 1. The van der Waals surface area contributed by atoms with E-state index in [2.05, 4.69) is 4.31 Å². The molecule has 0 spiro atoms. The van der Waals surface area contributed by atoms with Gasteiger partial charge in [0.25, 0.3) is 5.56 Å². The van der Waals surface area contributed by atoms with Gasteiger partial charge in [-0.1, -0.05) is 41.5 Å². The number of aliphatic hydroxyl groups excluding tert-OH is 3. The average Bonchev–Trinajstić information content (AvgIpc) is 3.32. The van der Waals surface area contributed by atoms with E-state index in [0.717, 1.165) is 53.1 Å². The zero-order valence-corrected chi connectivity index (χ0v) is 31.8. The summed E-state index contributed by atoms with van der Waals surface area (Å²) < 4.78 is 64.9. The normalized spacial score (nSPS) is 31.0. The van der Waals surface area contributed by atoms with E-state index in [9.17, 15) is 43.8 Å². The minimum Gasteiger partial charge on any atom is -0.409 e. The maximum absolute atomic E-state index is 12.9. The van der Waals surface area contributed by atoms with Crippen molar-refractivity contribution in [3.63, 3.8) is 0 Å². The highest BCUT2D eigenvalue weighted by atomic mass is 31.3. The molecule has 48 heavy (non-hydrogen) atoms. The van der Waals surface area contributed by atoms with Gasteiger partial charge in [0.1, 0.15) is 30.5 Å². The second kappa shape index (κ2) is 17.1. The number of phosphoric acid groups is 2. The molecule has 0 aliphatic carbocycles. The predicted molar refractivity (Wildman–Crippen MR) is 175 cm³/mol. The van der Waals surface area contributed by atoms with Gasteiger partial charge in [-0.25, -0.2) is 13.9 Å². The molecule has 278 valence electrons. The molecule has 2 saturated heterocycles. The Hall–Kier alpha value is -0.906. The lowest BCUT2D eigenvalue weighted by molar-refractivity contribution is -0.239. The van der Waals surface area contributed by atoms with Crippen LogP contribution in [-0.4, -0.2) is 107 Å². The predicted octanol–water partition coefficient (Wildman–Crippen LogP) is 1.90. The van der Waals surface area contributed by atoms with E-state index in [1.54, 1.807) is 0 Å². The van der Waals surface area contributed by atoms with Crippen LogP contribution in [0.15, 0.2) is 21.9 Å². The average molecular weight is 765 g/mol. The van der Waals surface area contributed by atoms with E-state index in [1.807, 2.05) is 46.5 Å². The lowest BCUT2D eigenvalue weighted by Crippen LogP contribution is -2.61. The second-order valence-electron chi connectivity index (χ2n) is 11.9. The molecule has 0 saturated carbocycles. The number of hydrogen-bond donors (Lipinski definition) is 6. The fraction of sp³-hybridized carbons (Fsp3) is 0.846. The van der Waals surface area contributed by atoms with Gasteiger partial charge in [-0.05, 0) is 36.3 Å². The van der Waals surface area contributed by atoms with Crippen LogP contribution in [0.2, 0.25) is 36.3 Å². The Morgan fingerprint density at radius 3 is 1.98 bits per heavy atom. The van der Waals surface area contributed by atoms with Crippen LogP contribution in [-0.2, 0) is 40.8 Å². The van der Waals surface area contributed by atoms with Crippen LogP contribution in [0.4, 0.5) is 0 Å². The second-order valence-corrected chi connectivity index (χ2v) is 24.3. The Morgan fingerprint density at radius 1 is 0.875 bits per heavy atom. The quantitative estimate of drug-likeness (QED) is 0.0922. The maximum atomic E-state index is 12.9. The van der Waals surface area contributed by atoms with Gasteiger partial charge in [0, 0.05) is 12.3 Å². The van der Waals surface area contributed by atoms with E-state index in [4.69, 9.17) is 27.4 Å². The van der Waals surface area contributed by atoms with Crippen molar-refractivity contribution in [2.75, 3.05) is 13.2 Å². The van der Waals surface area contributed by atoms with Gasteiger partial charge in [0.05, 0.1) is 19.3 Å². The fourth-order valence-corrected chi connectivity index (χ4v) is 13.8. The van der Waals surface area contributed by atoms with Crippen molar-refractivity contribution in [1.29, 1.82) is 0 Å². The molecule has 2 aliphatic rings. The van der Waals surface area contributed by atoms with Crippen molar-refractivity contribution in [2.24, 2.45) is 0 Å². The maximum Gasteiger partial charge on any atom is 0.483 e. The number of aromatic nitrogens is 2. The lowest BCUT2D eigenvalue weighted by atomic mass is 10.1. The third kappa shape index (κ3) is 9.90. The molecule has 10 atom stereocenters. The minimum atomic E-state index is -5.49. The summed E-state index contributed by atoms with van der Waals surface area (Å²) >= 11 is 0. The highest BCUT2D eigenvalue weighted by Gasteiger charge is 2.51. The number of nitrogens with one attached hydrogen (secondary N) is 1. The molecule has 22 heteroatoms. The summed E-state index contributed by atoms with van der Waals surface area (Å²) in [4.78, 5) is 46.1. The molecule has 2 fully saturated rings. The summed E-state index contributed by atoms with van der Waals surface area (Å²) in [5.41, 5.74) is -1.67. The van der Waals surface area contributed by atoms with E-state index in [0.29, 0.717) is 0 Å². The zero-order valence-electron chi connectivity index (χ0n) is 28.0. The highest BCUT2D eigenvalue weighted by Crippen LogP contribution is 2.61. The van der Waals surface area contributed by atoms with Crippen LogP contribution in [0.1, 0.15) is 47.8 Å². The number of hydrogen-bond acceptors (Lipinski definition) is 14. The zero-order chi connectivity index (χ0) is 36.1. The van der Waals surface area contributed by atoms with Gasteiger partial charge < -0.3 is 43.4 Å².